The van der Waals surface area contributed by atoms with Crippen LogP contribution in [0.4, 0.5) is 5.69 Å². The first-order valence-corrected chi connectivity index (χ1v) is 8.84. The first-order valence-electron chi connectivity index (χ1n) is 8.46. The summed E-state index contributed by atoms with van der Waals surface area (Å²) in [5.74, 6) is 0.497. The number of carbonyl (C=O) groups excluding carboxylic acids is 2. The molecule has 1 saturated carbocycles. The third-order valence-corrected chi connectivity index (χ3v) is 4.79. The molecule has 1 aromatic carbocycles. The molecule has 1 fully saturated rings. The topological polar surface area (TPSA) is 76.7 Å². The van der Waals surface area contributed by atoms with Crippen LogP contribution in [0.5, 0.6) is 5.75 Å². The Balaban J connectivity index is 1.81. The maximum atomic E-state index is 12.4. The Morgan fingerprint density at radius 2 is 1.76 bits per heavy atom. The van der Waals surface area contributed by atoms with Crippen molar-refractivity contribution in [3.63, 3.8) is 0 Å². The van der Waals surface area contributed by atoms with Gasteiger partial charge < -0.3 is 20.1 Å². The molecule has 0 aromatic heterocycles. The lowest BCUT2D eigenvalue weighted by Crippen LogP contribution is -2.36. The summed E-state index contributed by atoms with van der Waals surface area (Å²) in [5, 5.41) is 6.21. The number of ether oxygens (including phenoxy) is 2. The molecule has 2 rings (SSSR count). The average Bonchev–Trinajstić information content (AvgIpc) is 2.62. The molecule has 0 heterocycles. The van der Waals surface area contributed by atoms with Gasteiger partial charge >= 0.3 is 0 Å². The summed E-state index contributed by atoms with van der Waals surface area (Å²) in [6.45, 7) is 1.03. The van der Waals surface area contributed by atoms with Crippen LogP contribution in [0.15, 0.2) is 18.2 Å². The van der Waals surface area contributed by atoms with Gasteiger partial charge in [-0.3, -0.25) is 9.59 Å². The molecule has 0 radical (unpaired) electrons. The van der Waals surface area contributed by atoms with Crippen LogP contribution in [0.1, 0.15) is 25.7 Å². The van der Waals surface area contributed by atoms with E-state index in [1.807, 2.05) is 0 Å². The van der Waals surface area contributed by atoms with Gasteiger partial charge in [-0.15, -0.1) is 0 Å². The summed E-state index contributed by atoms with van der Waals surface area (Å²) in [4.78, 5) is 24.5. The number of methoxy groups -OCH3 is 2. The second kappa shape index (κ2) is 9.63. The van der Waals surface area contributed by atoms with Crippen molar-refractivity contribution in [2.45, 2.75) is 25.7 Å². The van der Waals surface area contributed by atoms with Crippen molar-refractivity contribution < 1.29 is 19.1 Å². The molecule has 7 heteroatoms. The van der Waals surface area contributed by atoms with E-state index in [2.05, 4.69) is 10.6 Å². The molecule has 1 aromatic rings. The van der Waals surface area contributed by atoms with Gasteiger partial charge in [-0.1, -0.05) is 11.6 Å². The number of hydrogen-bond acceptors (Lipinski definition) is 4. The smallest absolute Gasteiger partial charge is 0.227 e. The fraction of sp³-hybridized carbons (Fsp3) is 0.556. The Kier molecular flexibility index (Phi) is 7.52. The number of benzene rings is 1. The maximum absolute atomic E-state index is 12.4. The van der Waals surface area contributed by atoms with Gasteiger partial charge in [0.15, 0.2) is 0 Å². The Hall–Kier alpha value is -1.79. The fourth-order valence-electron chi connectivity index (χ4n) is 3.03. The van der Waals surface area contributed by atoms with E-state index in [4.69, 9.17) is 21.1 Å². The molecular weight excluding hydrogens is 344 g/mol. The van der Waals surface area contributed by atoms with Crippen molar-refractivity contribution in [3.05, 3.63) is 23.2 Å². The average molecular weight is 369 g/mol. The molecule has 0 unspecified atom stereocenters. The van der Waals surface area contributed by atoms with Gasteiger partial charge in [0.05, 0.1) is 18.7 Å². The van der Waals surface area contributed by atoms with E-state index in [-0.39, 0.29) is 23.7 Å². The molecular formula is C18H25ClN2O4. The minimum Gasteiger partial charge on any atom is -0.495 e. The van der Waals surface area contributed by atoms with Crippen LogP contribution in [0, 0.1) is 11.8 Å². The normalized spacial score (nSPS) is 20.0. The molecule has 0 aliphatic heterocycles. The molecule has 0 atom stereocenters. The third-order valence-electron chi connectivity index (χ3n) is 4.49. The van der Waals surface area contributed by atoms with Crippen LogP contribution >= 0.6 is 11.6 Å². The first-order chi connectivity index (χ1) is 12.0. The maximum Gasteiger partial charge on any atom is 0.227 e. The van der Waals surface area contributed by atoms with E-state index in [1.54, 1.807) is 32.4 Å². The predicted molar refractivity (Wildman–Crippen MR) is 97.0 cm³/mol. The van der Waals surface area contributed by atoms with Crippen molar-refractivity contribution in [2.24, 2.45) is 11.8 Å². The van der Waals surface area contributed by atoms with Gasteiger partial charge in [0.25, 0.3) is 0 Å². The van der Waals surface area contributed by atoms with Crippen molar-refractivity contribution in [1.82, 2.24) is 5.32 Å². The molecule has 6 nitrogen and oxygen atoms in total. The molecule has 138 valence electrons. The van der Waals surface area contributed by atoms with Gasteiger partial charge in [0, 0.05) is 31.2 Å². The highest BCUT2D eigenvalue weighted by Crippen LogP contribution is 2.31. The lowest BCUT2D eigenvalue weighted by molar-refractivity contribution is -0.128. The molecule has 2 N–H and O–H groups in total. The highest BCUT2D eigenvalue weighted by atomic mass is 35.5. The standard InChI is InChI=1S/C18H25ClN2O4/c1-24-10-9-20-17(22)12-3-5-13(6-4-12)18(23)21-14-7-8-16(25-2)15(19)11-14/h7-8,11-13H,3-6,9-10H2,1-2H3,(H,20,22)(H,21,23). The second-order valence-corrected chi connectivity index (χ2v) is 6.58. The van der Waals surface area contributed by atoms with Crippen LogP contribution in [-0.4, -0.2) is 39.2 Å². The van der Waals surface area contributed by atoms with E-state index in [1.165, 1.54) is 0 Å². The van der Waals surface area contributed by atoms with Crippen LogP contribution < -0.4 is 15.4 Å². The van der Waals surface area contributed by atoms with E-state index >= 15 is 0 Å². The molecule has 0 saturated heterocycles. The number of anilines is 1. The predicted octanol–water partition coefficient (Wildman–Crippen LogP) is 2.86. The lowest BCUT2D eigenvalue weighted by Gasteiger charge is -2.27. The van der Waals surface area contributed by atoms with Crippen LogP contribution in [-0.2, 0) is 14.3 Å². The number of carbonyl (C=O) groups is 2. The number of nitrogens with one attached hydrogen (secondary N) is 2. The fourth-order valence-corrected chi connectivity index (χ4v) is 3.28. The minimum absolute atomic E-state index is 0.0173. The zero-order valence-electron chi connectivity index (χ0n) is 14.6. The zero-order chi connectivity index (χ0) is 18.2. The van der Waals surface area contributed by atoms with Crippen LogP contribution in [0.2, 0.25) is 5.02 Å². The van der Waals surface area contributed by atoms with E-state index in [9.17, 15) is 9.59 Å². The molecule has 1 aliphatic rings. The van der Waals surface area contributed by atoms with Crippen molar-refractivity contribution in [2.75, 3.05) is 32.7 Å². The van der Waals surface area contributed by atoms with Crippen LogP contribution in [0.3, 0.4) is 0 Å². The minimum atomic E-state index is -0.0797. The third kappa shape index (κ3) is 5.61. The van der Waals surface area contributed by atoms with E-state index in [0.29, 0.717) is 42.5 Å². The van der Waals surface area contributed by atoms with Crippen molar-refractivity contribution in [1.29, 1.82) is 0 Å². The molecule has 1 aliphatic carbocycles. The summed E-state index contributed by atoms with van der Waals surface area (Å²) in [6, 6.07) is 5.16. The van der Waals surface area contributed by atoms with Crippen LogP contribution in [0.25, 0.3) is 0 Å². The summed E-state index contributed by atoms with van der Waals surface area (Å²) in [5.41, 5.74) is 0.648. The summed E-state index contributed by atoms with van der Waals surface area (Å²) in [7, 11) is 3.15. The van der Waals surface area contributed by atoms with E-state index in [0.717, 1.165) is 12.8 Å². The lowest BCUT2D eigenvalue weighted by atomic mass is 9.81. The quantitative estimate of drug-likeness (QED) is 0.725. The molecule has 2 amide bonds. The Labute approximate surface area is 153 Å². The van der Waals surface area contributed by atoms with Gasteiger partial charge in [0.2, 0.25) is 11.8 Å². The summed E-state index contributed by atoms with van der Waals surface area (Å²) in [6.07, 6.45) is 2.86. The zero-order valence-corrected chi connectivity index (χ0v) is 15.4. The van der Waals surface area contributed by atoms with Crippen molar-refractivity contribution >= 4 is 29.1 Å². The molecule has 0 spiro atoms. The molecule has 25 heavy (non-hydrogen) atoms. The highest BCUT2D eigenvalue weighted by molar-refractivity contribution is 6.32. The van der Waals surface area contributed by atoms with Gasteiger partial charge in [0.1, 0.15) is 5.75 Å². The Bertz CT molecular complexity index is 601. The number of amides is 2. The number of halogens is 1. The summed E-state index contributed by atoms with van der Waals surface area (Å²) < 4.78 is 10.0. The SMILES string of the molecule is COCCNC(=O)C1CCC(C(=O)Nc2ccc(OC)c(Cl)c2)CC1. The van der Waals surface area contributed by atoms with E-state index < -0.39 is 0 Å². The monoisotopic (exact) mass is 368 g/mol. The highest BCUT2D eigenvalue weighted by Gasteiger charge is 2.29. The number of hydrogen-bond donors (Lipinski definition) is 2. The van der Waals surface area contributed by atoms with Gasteiger partial charge in [-0.2, -0.15) is 0 Å². The first kappa shape index (κ1) is 19.5. The van der Waals surface area contributed by atoms with Gasteiger partial charge in [-0.05, 0) is 43.9 Å². The summed E-state index contributed by atoms with van der Waals surface area (Å²) >= 11 is 6.08. The Morgan fingerprint density at radius 1 is 1.12 bits per heavy atom. The van der Waals surface area contributed by atoms with Gasteiger partial charge in [-0.25, -0.2) is 0 Å². The second-order valence-electron chi connectivity index (χ2n) is 6.17. The number of rotatable bonds is 7. The Morgan fingerprint density at radius 3 is 2.32 bits per heavy atom. The molecule has 0 bridgehead atoms. The van der Waals surface area contributed by atoms with Crippen molar-refractivity contribution in [3.8, 4) is 5.75 Å². The largest absolute Gasteiger partial charge is 0.495 e.